The molecule has 0 aromatic rings. The lowest BCUT2D eigenvalue weighted by Gasteiger charge is -2.25. The van der Waals surface area contributed by atoms with Crippen molar-refractivity contribution in [3.8, 4) is 0 Å². The second-order valence-electron chi connectivity index (χ2n) is 5.41. The summed E-state index contributed by atoms with van der Waals surface area (Å²) in [6.45, 7) is 9.41. The summed E-state index contributed by atoms with van der Waals surface area (Å²) in [5, 5.41) is 7.58. The first kappa shape index (κ1) is 15.0. The van der Waals surface area contributed by atoms with Crippen molar-refractivity contribution in [1.82, 2.24) is 10.6 Å². The Labute approximate surface area is 127 Å². The van der Waals surface area contributed by atoms with Crippen LogP contribution in [0.3, 0.4) is 0 Å². The van der Waals surface area contributed by atoms with Crippen molar-refractivity contribution in [2.24, 2.45) is 11.8 Å². The normalized spacial score (nSPS) is 23.4. The van der Waals surface area contributed by atoms with Crippen molar-refractivity contribution < 1.29 is 0 Å². The van der Waals surface area contributed by atoms with Crippen molar-refractivity contribution in [3.63, 3.8) is 0 Å². The van der Waals surface area contributed by atoms with Gasteiger partial charge in [0, 0.05) is 29.2 Å². The van der Waals surface area contributed by atoms with Gasteiger partial charge < -0.3 is 10.6 Å². The Bertz CT molecular complexity index is 497. The molecule has 2 unspecified atom stereocenters. The standard InChI is InChI=1S/C17H23ClN2/c1-4-16-13(3)19-9-8-17(16)20-11-12(2)14-6-5-7-15(18)10-14/h5,7-10,12,14,19-20H,3-4,6,11H2,1-2H3. The third-order valence-electron chi connectivity index (χ3n) is 3.95. The van der Waals surface area contributed by atoms with Gasteiger partial charge in [-0.25, -0.2) is 0 Å². The number of dihydropyridines is 1. The van der Waals surface area contributed by atoms with Gasteiger partial charge in [0.25, 0.3) is 0 Å². The molecular formula is C17H23ClN2. The van der Waals surface area contributed by atoms with Crippen LogP contribution < -0.4 is 10.6 Å². The molecule has 0 aromatic carbocycles. The minimum Gasteiger partial charge on any atom is -0.384 e. The zero-order valence-corrected chi connectivity index (χ0v) is 13.0. The van der Waals surface area contributed by atoms with E-state index in [0.29, 0.717) is 11.8 Å². The number of halogens is 1. The maximum atomic E-state index is 6.08. The highest BCUT2D eigenvalue weighted by Gasteiger charge is 2.17. The van der Waals surface area contributed by atoms with Crippen LogP contribution in [-0.2, 0) is 0 Å². The molecule has 0 aromatic heterocycles. The molecule has 108 valence electrons. The van der Waals surface area contributed by atoms with Gasteiger partial charge in [0.2, 0.25) is 0 Å². The summed E-state index contributed by atoms with van der Waals surface area (Å²) < 4.78 is 0. The van der Waals surface area contributed by atoms with Gasteiger partial charge in [0.05, 0.1) is 0 Å². The molecular weight excluding hydrogens is 268 g/mol. The van der Waals surface area contributed by atoms with E-state index in [4.69, 9.17) is 11.6 Å². The Morgan fingerprint density at radius 3 is 3.00 bits per heavy atom. The van der Waals surface area contributed by atoms with E-state index in [1.807, 2.05) is 12.3 Å². The molecule has 2 nitrogen and oxygen atoms in total. The summed E-state index contributed by atoms with van der Waals surface area (Å²) in [6, 6.07) is 0. The predicted octanol–water partition coefficient (Wildman–Crippen LogP) is 4.21. The summed E-state index contributed by atoms with van der Waals surface area (Å²) in [7, 11) is 0. The van der Waals surface area contributed by atoms with Crippen molar-refractivity contribution in [1.29, 1.82) is 0 Å². The van der Waals surface area contributed by atoms with Crippen LogP contribution in [0, 0.1) is 11.8 Å². The monoisotopic (exact) mass is 290 g/mol. The number of nitrogens with one attached hydrogen (secondary N) is 2. The summed E-state index contributed by atoms with van der Waals surface area (Å²) in [4.78, 5) is 0. The van der Waals surface area contributed by atoms with Gasteiger partial charge >= 0.3 is 0 Å². The number of rotatable bonds is 5. The number of hydrogen-bond acceptors (Lipinski definition) is 2. The molecule has 2 N–H and O–H groups in total. The second kappa shape index (κ2) is 6.85. The largest absolute Gasteiger partial charge is 0.384 e. The molecule has 20 heavy (non-hydrogen) atoms. The maximum absolute atomic E-state index is 6.08. The lowest BCUT2D eigenvalue weighted by Crippen LogP contribution is -2.28. The number of allylic oxidation sites excluding steroid dienone is 6. The molecule has 2 rings (SSSR count). The SMILES string of the molecule is C=C1NC=CC(NCC(C)C2C=C(Cl)C=CC2)=C1CC. The third kappa shape index (κ3) is 3.57. The summed E-state index contributed by atoms with van der Waals surface area (Å²) in [5.74, 6) is 1.05. The van der Waals surface area contributed by atoms with Crippen LogP contribution in [-0.4, -0.2) is 6.54 Å². The fourth-order valence-electron chi connectivity index (χ4n) is 2.63. The molecule has 0 saturated heterocycles. The van der Waals surface area contributed by atoms with Crippen LogP contribution >= 0.6 is 11.6 Å². The first-order valence-corrected chi connectivity index (χ1v) is 7.62. The first-order chi connectivity index (χ1) is 9.61. The molecule has 1 aliphatic heterocycles. The Balaban J connectivity index is 1.96. The highest BCUT2D eigenvalue weighted by molar-refractivity contribution is 6.31. The van der Waals surface area contributed by atoms with E-state index in [0.717, 1.165) is 30.1 Å². The Kier molecular flexibility index (Phi) is 5.13. The van der Waals surface area contributed by atoms with Crippen LogP contribution in [0.4, 0.5) is 0 Å². The van der Waals surface area contributed by atoms with E-state index < -0.39 is 0 Å². The molecule has 2 atom stereocenters. The molecule has 1 aliphatic carbocycles. The third-order valence-corrected chi connectivity index (χ3v) is 4.21. The van der Waals surface area contributed by atoms with Gasteiger partial charge in [0.1, 0.15) is 0 Å². The Hall–Kier alpha value is -1.41. The molecule has 0 radical (unpaired) electrons. The van der Waals surface area contributed by atoms with E-state index in [1.165, 1.54) is 11.3 Å². The molecule has 3 heteroatoms. The molecule has 0 bridgehead atoms. The van der Waals surface area contributed by atoms with Gasteiger partial charge in [0.15, 0.2) is 0 Å². The fourth-order valence-corrected chi connectivity index (χ4v) is 2.88. The van der Waals surface area contributed by atoms with Gasteiger partial charge in [-0.3, -0.25) is 0 Å². The summed E-state index contributed by atoms with van der Waals surface area (Å²) >= 11 is 6.08. The minimum atomic E-state index is 0.513. The quantitative estimate of drug-likeness (QED) is 0.793. The molecule has 0 fully saturated rings. The first-order valence-electron chi connectivity index (χ1n) is 7.25. The molecule has 0 amide bonds. The highest BCUT2D eigenvalue weighted by Crippen LogP contribution is 2.26. The van der Waals surface area contributed by atoms with Gasteiger partial charge in [-0.15, -0.1) is 0 Å². The van der Waals surface area contributed by atoms with Gasteiger partial charge in [-0.1, -0.05) is 44.2 Å². The average molecular weight is 291 g/mol. The topological polar surface area (TPSA) is 24.1 Å². The van der Waals surface area contributed by atoms with E-state index in [2.05, 4.69) is 49.3 Å². The van der Waals surface area contributed by atoms with Crippen LogP contribution in [0.25, 0.3) is 0 Å². The average Bonchev–Trinajstić information content (AvgIpc) is 2.44. The Morgan fingerprint density at radius 1 is 1.50 bits per heavy atom. The van der Waals surface area contributed by atoms with Gasteiger partial charge in [-0.2, -0.15) is 0 Å². The van der Waals surface area contributed by atoms with E-state index >= 15 is 0 Å². The highest BCUT2D eigenvalue weighted by atomic mass is 35.5. The lowest BCUT2D eigenvalue weighted by molar-refractivity contribution is 0.416. The maximum Gasteiger partial charge on any atom is 0.0407 e. The Morgan fingerprint density at radius 2 is 2.30 bits per heavy atom. The van der Waals surface area contributed by atoms with Crippen molar-refractivity contribution in [3.05, 3.63) is 59.1 Å². The van der Waals surface area contributed by atoms with Crippen molar-refractivity contribution in [2.45, 2.75) is 26.7 Å². The molecule has 0 saturated carbocycles. The van der Waals surface area contributed by atoms with E-state index in [1.54, 1.807) is 0 Å². The summed E-state index contributed by atoms with van der Waals surface area (Å²) in [5.41, 5.74) is 3.44. The van der Waals surface area contributed by atoms with Crippen LogP contribution in [0.2, 0.25) is 0 Å². The minimum absolute atomic E-state index is 0.513. The van der Waals surface area contributed by atoms with Gasteiger partial charge in [-0.05, 0) is 42.4 Å². The van der Waals surface area contributed by atoms with Crippen molar-refractivity contribution >= 4 is 11.6 Å². The predicted molar refractivity (Wildman–Crippen MR) is 87.1 cm³/mol. The molecule has 1 heterocycles. The zero-order chi connectivity index (χ0) is 14.5. The second-order valence-corrected chi connectivity index (χ2v) is 5.85. The van der Waals surface area contributed by atoms with E-state index in [9.17, 15) is 0 Å². The molecule has 2 aliphatic rings. The van der Waals surface area contributed by atoms with Crippen LogP contribution in [0.5, 0.6) is 0 Å². The van der Waals surface area contributed by atoms with E-state index in [-0.39, 0.29) is 0 Å². The lowest BCUT2D eigenvalue weighted by atomic mass is 9.88. The summed E-state index contributed by atoms with van der Waals surface area (Å²) in [6.07, 6.45) is 12.4. The van der Waals surface area contributed by atoms with Crippen LogP contribution in [0.1, 0.15) is 26.7 Å². The fraction of sp³-hybridized carbons (Fsp3) is 0.412. The smallest absolute Gasteiger partial charge is 0.0407 e. The van der Waals surface area contributed by atoms with Crippen LogP contribution in [0.15, 0.2) is 59.1 Å². The molecule has 0 spiro atoms. The van der Waals surface area contributed by atoms with Crippen molar-refractivity contribution in [2.75, 3.05) is 6.54 Å². The number of hydrogen-bond donors (Lipinski definition) is 2. The zero-order valence-electron chi connectivity index (χ0n) is 12.2.